The highest BCUT2D eigenvalue weighted by molar-refractivity contribution is 8.01. The Kier molecular flexibility index (Phi) is 7.01. The molecule has 0 atom stereocenters. The molecule has 1 heterocycles. The zero-order valence-electron chi connectivity index (χ0n) is 16.4. The molecule has 0 aromatic heterocycles. The van der Waals surface area contributed by atoms with Gasteiger partial charge < -0.3 is 15.5 Å². The molecular formula is C20H31N5OS. The number of aliphatic imine (C=N–C) groups is 1. The average molecular weight is 390 g/mol. The van der Waals surface area contributed by atoms with Gasteiger partial charge in [-0.15, -0.1) is 11.8 Å². The Hall–Kier alpha value is -1.73. The number of nitrogens with one attached hydrogen (secondary N) is 2. The molecule has 1 aliphatic carbocycles. The summed E-state index contributed by atoms with van der Waals surface area (Å²) in [6.45, 7) is 7.98. The monoisotopic (exact) mass is 389 g/mol. The van der Waals surface area contributed by atoms with E-state index >= 15 is 0 Å². The van der Waals surface area contributed by atoms with Crippen molar-refractivity contribution >= 4 is 23.6 Å². The van der Waals surface area contributed by atoms with Gasteiger partial charge in [-0.25, -0.2) is 0 Å². The lowest BCUT2D eigenvalue weighted by molar-refractivity contribution is -0.130. The van der Waals surface area contributed by atoms with Crippen LogP contribution in [-0.2, 0) is 4.79 Å². The zero-order valence-corrected chi connectivity index (χ0v) is 17.2. The van der Waals surface area contributed by atoms with Gasteiger partial charge >= 0.3 is 0 Å². The summed E-state index contributed by atoms with van der Waals surface area (Å²) < 4.78 is 0.308. The molecule has 6 nitrogen and oxygen atoms in total. The summed E-state index contributed by atoms with van der Waals surface area (Å²) in [6, 6.07) is 10.6. The predicted molar refractivity (Wildman–Crippen MR) is 112 cm³/mol. The summed E-state index contributed by atoms with van der Waals surface area (Å²) >= 11 is 1.97. The number of hydrogen-bond acceptors (Lipinski definition) is 4. The molecule has 2 N–H and O–H groups in total. The minimum absolute atomic E-state index is 0.180. The first-order valence-electron chi connectivity index (χ1n) is 9.77. The first-order chi connectivity index (χ1) is 13.1. The number of guanidine groups is 1. The number of piperazine rings is 1. The van der Waals surface area contributed by atoms with Crippen LogP contribution in [0.25, 0.3) is 0 Å². The van der Waals surface area contributed by atoms with Gasteiger partial charge in [0.1, 0.15) is 0 Å². The molecule has 1 aromatic carbocycles. The Balaban J connectivity index is 1.35. The van der Waals surface area contributed by atoms with Gasteiger partial charge in [0.15, 0.2) is 5.96 Å². The summed E-state index contributed by atoms with van der Waals surface area (Å²) in [7, 11) is 1.82. The second-order valence-electron chi connectivity index (χ2n) is 7.30. The average Bonchev–Trinajstić information content (AvgIpc) is 3.45. The molecule has 27 heavy (non-hydrogen) atoms. The van der Waals surface area contributed by atoms with E-state index in [1.807, 2.05) is 23.7 Å². The van der Waals surface area contributed by atoms with Crippen LogP contribution < -0.4 is 10.6 Å². The maximum Gasteiger partial charge on any atom is 0.219 e. The molecular weight excluding hydrogens is 358 g/mol. The topological polar surface area (TPSA) is 60.0 Å². The fourth-order valence-corrected chi connectivity index (χ4v) is 4.52. The van der Waals surface area contributed by atoms with Crippen LogP contribution in [0.5, 0.6) is 0 Å². The van der Waals surface area contributed by atoms with Crippen molar-refractivity contribution in [3.63, 3.8) is 0 Å². The molecule has 0 bridgehead atoms. The van der Waals surface area contributed by atoms with Gasteiger partial charge in [-0.1, -0.05) is 18.2 Å². The molecule has 1 saturated heterocycles. The summed E-state index contributed by atoms with van der Waals surface area (Å²) in [5.74, 6) is 1.05. The number of carbonyl (C=O) groups is 1. The highest BCUT2D eigenvalue weighted by atomic mass is 32.2. The molecule has 0 spiro atoms. The molecule has 2 fully saturated rings. The Morgan fingerprint density at radius 1 is 1.15 bits per heavy atom. The zero-order chi connectivity index (χ0) is 19.1. The van der Waals surface area contributed by atoms with E-state index in [9.17, 15) is 4.79 Å². The van der Waals surface area contributed by atoms with E-state index in [2.05, 4.69) is 50.9 Å². The number of thioether (sulfide) groups is 1. The van der Waals surface area contributed by atoms with Gasteiger partial charge in [0.05, 0.1) is 0 Å². The minimum atomic E-state index is 0.180. The van der Waals surface area contributed by atoms with Crippen LogP contribution in [0.3, 0.4) is 0 Å². The quantitative estimate of drug-likeness (QED) is 0.548. The van der Waals surface area contributed by atoms with E-state index in [0.717, 1.165) is 51.8 Å². The van der Waals surface area contributed by atoms with Crippen molar-refractivity contribution in [3.05, 3.63) is 30.3 Å². The number of rotatable bonds is 7. The van der Waals surface area contributed by atoms with E-state index < -0.39 is 0 Å². The molecule has 7 heteroatoms. The van der Waals surface area contributed by atoms with Crippen molar-refractivity contribution in [2.45, 2.75) is 29.4 Å². The van der Waals surface area contributed by atoms with Crippen LogP contribution in [0.2, 0.25) is 0 Å². The van der Waals surface area contributed by atoms with Crippen LogP contribution >= 0.6 is 11.8 Å². The molecule has 0 radical (unpaired) electrons. The number of amides is 1. The van der Waals surface area contributed by atoms with Crippen LogP contribution in [0.15, 0.2) is 40.2 Å². The lowest BCUT2D eigenvalue weighted by Crippen LogP contribution is -2.50. The lowest BCUT2D eigenvalue weighted by Gasteiger charge is -2.34. The molecule has 0 unspecified atom stereocenters. The van der Waals surface area contributed by atoms with Crippen LogP contribution in [0.1, 0.15) is 19.8 Å². The molecule has 1 aliphatic heterocycles. The Morgan fingerprint density at radius 3 is 2.44 bits per heavy atom. The lowest BCUT2D eigenvalue weighted by atomic mass is 10.3. The largest absolute Gasteiger partial charge is 0.355 e. The van der Waals surface area contributed by atoms with Gasteiger partial charge in [-0.2, -0.15) is 0 Å². The third-order valence-electron chi connectivity index (χ3n) is 5.22. The summed E-state index contributed by atoms with van der Waals surface area (Å²) in [4.78, 5) is 21.4. The molecule has 1 saturated carbocycles. The Bertz CT molecular complexity index is 639. The van der Waals surface area contributed by atoms with Crippen molar-refractivity contribution in [3.8, 4) is 0 Å². The van der Waals surface area contributed by atoms with Crippen molar-refractivity contribution in [1.29, 1.82) is 0 Å². The molecule has 2 aliphatic rings. The highest BCUT2D eigenvalue weighted by Crippen LogP contribution is 2.51. The molecule has 3 rings (SSSR count). The fourth-order valence-electron chi connectivity index (χ4n) is 3.28. The SMILES string of the molecule is CN=C(NCCN1CCN(C(C)=O)CC1)NCC1(Sc2ccccc2)CC1. The molecule has 1 aromatic rings. The normalized spacial score (nSPS) is 19.6. The van der Waals surface area contributed by atoms with Gasteiger partial charge in [0, 0.05) is 69.4 Å². The Labute approximate surface area is 166 Å². The first kappa shape index (κ1) is 20.0. The van der Waals surface area contributed by atoms with Crippen molar-refractivity contribution in [2.75, 3.05) is 52.9 Å². The number of benzene rings is 1. The number of carbonyl (C=O) groups excluding carboxylic acids is 1. The molecule has 148 valence electrons. The van der Waals surface area contributed by atoms with Crippen molar-refractivity contribution in [1.82, 2.24) is 20.4 Å². The van der Waals surface area contributed by atoms with E-state index in [1.165, 1.54) is 17.7 Å². The van der Waals surface area contributed by atoms with Crippen molar-refractivity contribution < 1.29 is 4.79 Å². The second-order valence-corrected chi connectivity index (χ2v) is 8.84. The maximum atomic E-state index is 11.4. The van der Waals surface area contributed by atoms with Crippen LogP contribution in [0, 0.1) is 0 Å². The van der Waals surface area contributed by atoms with Gasteiger partial charge in [-0.05, 0) is 25.0 Å². The molecule has 1 amide bonds. The Morgan fingerprint density at radius 2 is 1.85 bits per heavy atom. The third kappa shape index (κ3) is 6.14. The van der Waals surface area contributed by atoms with E-state index in [1.54, 1.807) is 6.92 Å². The van der Waals surface area contributed by atoms with Gasteiger partial charge in [0.2, 0.25) is 5.91 Å². The fraction of sp³-hybridized carbons (Fsp3) is 0.600. The minimum Gasteiger partial charge on any atom is -0.355 e. The van der Waals surface area contributed by atoms with Crippen molar-refractivity contribution in [2.24, 2.45) is 4.99 Å². The summed E-state index contributed by atoms with van der Waals surface area (Å²) in [5.41, 5.74) is 0. The highest BCUT2D eigenvalue weighted by Gasteiger charge is 2.43. The number of nitrogens with zero attached hydrogens (tertiary/aromatic N) is 3. The van der Waals surface area contributed by atoms with Gasteiger partial charge in [0.25, 0.3) is 0 Å². The van der Waals surface area contributed by atoms with E-state index in [4.69, 9.17) is 0 Å². The summed E-state index contributed by atoms with van der Waals surface area (Å²) in [5, 5.41) is 6.92. The number of hydrogen-bond donors (Lipinski definition) is 2. The predicted octanol–water partition coefficient (Wildman–Crippen LogP) is 1.64. The maximum absolute atomic E-state index is 11.4. The first-order valence-corrected chi connectivity index (χ1v) is 10.6. The van der Waals surface area contributed by atoms with Crippen LogP contribution in [-0.4, -0.2) is 79.3 Å². The standard InChI is InChI=1S/C20H31N5OS/c1-17(26)25-14-12-24(13-15-25)11-10-22-19(21-2)23-16-20(8-9-20)27-18-6-4-3-5-7-18/h3-7H,8-16H2,1-2H3,(H2,21,22,23). The van der Waals surface area contributed by atoms with Crippen LogP contribution in [0.4, 0.5) is 0 Å². The van der Waals surface area contributed by atoms with E-state index in [-0.39, 0.29) is 5.91 Å². The summed E-state index contributed by atoms with van der Waals surface area (Å²) in [6.07, 6.45) is 2.49. The van der Waals surface area contributed by atoms with Gasteiger partial charge in [-0.3, -0.25) is 14.7 Å². The second kappa shape index (κ2) is 9.46. The smallest absolute Gasteiger partial charge is 0.219 e. The van der Waals surface area contributed by atoms with E-state index in [0.29, 0.717) is 4.75 Å². The third-order valence-corrected chi connectivity index (χ3v) is 6.72.